The molecule has 1 aliphatic heterocycles. The van der Waals surface area contributed by atoms with Crippen molar-refractivity contribution in [3.63, 3.8) is 0 Å². The largest absolute Gasteiger partial charge is 0.395 e. The highest BCUT2D eigenvalue weighted by Gasteiger charge is 2.33. The third-order valence-corrected chi connectivity index (χ3v) is 3.82. The van der Waals surface area contributed by atoms with Crippen LogP contribution in [-0.4, -0.2) is 46.3 Å². The number of rotatable bonds is 3. The zero-order chi connectivity index (χ0) is 13.0. The molecular weight excluding hydrogens is 226 g/mol. The molecular formula is C14H23N3O. The molecule has 1 aromatic heterocycles. The van der Waals surface area contributed by atoms with Crippen molar-refractivity contribution < 1.29 is 5.11 Å². The highest BCUT2D eigenvalue weighted by atomic mass is 16.3. The smallest absolute Gasteiger partial charge is 0.0599 e. The molecule has 4 heteroatoms. The van der Waals surface area contributed by atoms with Gasteiger partial charge in [-0.1, -0.05) is 0 Å². The van der Waals surface area contributed by atoms with E-state index in [1.165, 1.54) is 5.56 Å². The predicted octanol–water partition coefficient (Wildman–Crippen LogP) is 1.02. The quantitative estimate of drug-likeness (QED) is 0.839. The number of nitrogens with one attached hydrogen (secondary N) is 1. The van der Waals surface area contributed by atoms with Crippen molar-refractivity contribution in [1.82, 2.24) is 15.2 Å². The van der Waals surface area contributed by atoms with Gasteiger partial charge in [0.1, 0.15) is 0 Å². The van der Waals surface area contributed by atoms with E-state index >= 15 is 0 Å². The lowest BCUT2D eigenvalue weighted by Gasteiger charge is -2.41. The predicted molar refractivity (Wildman–Crippen MR) is 72.2 cm³/mol. The lowest BCUT2D eigenvalue weighted by Crippen LogP contribution is -2.51. The zero-order valence-electron chi connectivity index (χ0n) is 11.3. The number of nitrogens with zero attached hydrogens (tertiary/aromatic N) is 2. The molecule has 2 heterocycles. The van der Waals surface area contributed by atoms with Gasteiger partial charge in [-0.2, -0.15) is 0 Å². The van der Waals surface area contributed by atoms with Crippen LogP contribution in [0.4, 0.5) is 0 Å². The van der Waals surface area contributed by atoms with Crippen molar-refractivity contribution in [1.29, 1.82) is 0 Å². The van der Waals surface area contributed by atoms with E-state index in [-0.39, 0.29) is 18.2 Å². The Hall–Kier alpha value is -0.970. The van der Waals surface area contributed by atoms with Crippen molar-refractivity contribution in [2.45, 2.75) is 38.4 Å². The van der Waals surface area contributed by atoms with Crippen molar-refractivity contribution in [2.75, 3.05) is 19.7 Å². The van der Waals surface area contributed by atoms with Gasteiger partial charge in [0.05, 0.1) is 6.61 Å². The normalized spacial score (nSPS) is 24.7. The van der Waals surface area contributed by atoms with Crippen LogP contribution in [0.25, 0.3) is 0 Å². The van der Waals surface area contributed by atoms with E-state index in [4.69, 9.17) is 0 Å². The maximum absolute atomic E-state index is 9.60. The van der Waals surface area contributed by atoms with E-state index in [0.717, 1.165) is 26.1 Å². The summed E-state index contributed by atoms with van der Waals surface area (Å²) >= 11 is 0. The SMILES string of the molecule is CC1(C)CCNCC(CO)N1Cc1ccncc1. The third-order valence-electron chi connectivity index (χ3n) is 3.82. The first-order chi connectivity index (χ1) is 8.63. The molecule has 2 rings (SSSR count). The molecule has 1 atom stereocenters. The van der Waals surface area contributed by atoms with Gasteiger partial charge in [-0.3, -0.25) is 9.88 Å². The molecule has 0 spiro atoms. The maximum Gasteiger partial charge on any atom is 0.0599 e. The van der Waals surface area contributed by atoms with Crippen LogP contribution in [0.1, 0.15) is 25.8 Å². The van der Waals surface area contributed by atoms with Gasteiger partial charge in [0.25, 0.3) is 0 Å². The molecule has 0 saturated carbocycles. The van der Waals surface area contributed by atoms with Gasteiger partial charge in [0.2, 0.25) is 0 Å². The average Bonchev–Trinajstić information content (AvgIpc) is 2.51. The molecule has 1 aliphatic rings. The molecule has 0 amide bonds. The second-order valence-corrected chi connectivity index (χ2v) is 5.59. The van der Waals surface area contributed by atoms with Crippen LogP contribution in [0.15, 0.2) is 24.5 Å². The Bertz CT molecular complexity index is 367. The summed E-state index contributed by atoms with van der Waals surface area (Å²) in [7, 11) is 0. The molecule has 1 aromatic rings. The third kappa shape index (κ3) is 3.07. The molecule has 18 heavy (non-hydrogen) atoms. The minimum atomic E-state index is 0.0974. The molecule has 1 saturated heterocycles. The monoisotopic (exact) mass is 249 g/mol. The Morgan fingerprint density at radius 1 is 1.44 bits per heavy atom. The van der Waals surface area contributed by atoms with Gasteiger partial charge in [-0.15, -0.1) is 0 Å². The highest BCUT2D eigenvalue weighted by molar-refractivity contribution is 5.11. The first-order valence-corrected chi connectivity index (χ1v) is 6.61. The Balaban J connectivity index is 2.18. The second kappa shape index (κ2) is 5.78. The molecule has 4 nitrogen and oxygen atoms in total. The van der Waals surface area contributed by atoms with Crippen LogP contribution in [0.5, 0.6) is 0 Å². The molecule has 0 radical (unpaired) electrons. The van der Waals surface area contributed by atoms with Crippen LogP contribution in [0, 0.1) is 0 Å². The molecule has 0 aromatic carbocycles. The minimum absolute atomic E-state index is 0.0974. The van der Waals surface area contributed by atoms with E-state index < -0.39 is 0 Å². The van der Waals surface area contributed by atoms with Gasteiger partial charge in [0, 0.05) is 37.1 Å². The summed E-state index contributed by atoms with van der Waals surface area (Å²) in [5.41, 5.74) is 1.35. The Morgan fingerprint density at radius 2 is 2.17 bits per heavy atom. The van der Waals surface area contributed by atoms with Gasteiger partial charge in [-0.05, 0) is 44.5 Å². The summed E-state index contributed by atoms with van der Waals surface area (Å²) in [5, 5.41) is 13.0. The number of pyridine rings is 1. The van der Waals surface area contributed by atoms with Gasteiger partial charge >= 0.3 is 0 Å². The zero-order valence-corrected chi connectivity index (χ0v) is 11.3. The fraction of sp³-hybridized carbons (Fsp3) is 0.643. The van der Waals surface area contributed by atoms with E-state index in [1.54, 1.807) is 0 Å². The summed E-state index contributed by atoms with van der Waals surface area (Å²) in [6.07, 6.45) is 4.74. The van der Waals surface area contributed by atoms with Crippen molar-refractivity contribution >= 4 is 0 Å². The summed E-state index contributed by atoms with van der Waals surface area (Å²) < 4.78 is 0. The number of aliphatic hydroxyl groups excluding tert-OH is 1. The number of hydrogen-bond donors (Lipinski definition) is 2. The summed E-state index contributed by atoms with van der Waals surface area (Å²) in [5.74, 6) is 0. The van der Waals surface area contributed by atoms with Crippen LogP contribution in [0.3, 0.4) is 0 Å². The lowest BCUT2D eigenvalue weighted by atomic mass is 9.96. The first-order valence-electron chi connectivity index (χ1n) is 6.61. The van der Waals surface area contributed by atoms with Crippen LogP contribution < -0.4 is 5.32 Å². The Kier molecular flexibility index (Phi) is 4.32. The van der Waals surface area contributed by atoms with Crippen molar-refractivity contribution in [2.24, 2.45) is 0 Å². The highest BCUT2D eigenvalue weighted by Crippen LogP contribution is 2.25. The van der Waals surface area contributed by atoms with E-state index in [1.807, 2.05) is 24.5 Å². The maximum atomic E-state index is 9.60. The van der Waals surface area contributed by atoms with Crippen molar-refractivity contribution in [3.05, 3.63) is 30.1 Å². The van der Waals surface area contributed by atoms with Crippen molar-refractivity contribution in [3.8, 4) is 0 Å². The van der Waals surface area contributed by atoms with Gasteiger partial charge < -0.3 is 10.4 Å². The molecule has 2 N–H and O–H groups in total. The standard InChI is InChI=1S/C14H23N3O/c1-14(2)5-8-16-9-13(11-18)17(14)10-12-3-6-15-7-4-12/h3-4,6-7,13,16,18H,5,8-11H2,1-2H3. The number of aliphatic hydroxyl groups is 1. The Morgan fingerprint density at radius 3 is 2.83 bits per heavy atom. The van der Waals surface area contributed by atoms with Crippen LogP contribution in [0.2, 0.25) is 0 Å². The molecule has 0 aliphatic carbocycles. The van der Waals surface area contributed by atoms with E-state index in [0.29, 0.717) is 0 Å². The fourth-order valence-corrected chi connectivity index (χ4v) is 2.60. The first kappa shape index (κ1) is 13.5. The van der Waals surface area contributed by atoms with E-state index in [9.17, 15) is 5.11 Å². The lowest BCUT2D eigenvalue weighted by molar-refractivity contribution is 0.0379. The topological polar surface area (TPSA) is 48.4 Å². The summed E-state index contributed by atoms with van der Waals surface area (Å²) in [6.45, 7) is 7.43. The van der Waals surface area contributed by atoms with Crippen LogP contribution in [-0.2, 0) is 6.54 Å². The molecule has 0 bridgehead atoms. The molecule has 1 fully saturated rings. The van der Waals surface area contributed by atoms with Gasteiger partial charge in [-0.25, -0.2) is 0 Å². The molecule has 100 valence electrons. The fourth-order valence-electron chi connectivity index (χ4n) is 2.60. The number of aromatic nitrogens is 1. The Labute approximate surface area is 109 Å². The number of hydrogen-bond acceptors (Lipinski definition) is 4. The molecule has 1 unspecified atom stereocenters. The minimum Gasteiger partial charge on any atom is -0.395 e. The summed E-state index contributed by atoms with van der Waals surface area (Å²) in [4.78, 5) is 6.46. The van der Waals surface area contributed by atoms with E-state index in [2.05, 4.69) is 29.0 Å². The van der Waals surface area contributed by atoms with Gasteiger partial charge in [0.15, 0.2) is 0 Å². The summed E-state index contributed by atoms with van der Waals surface area (Å²) in [6, 6.07) is 4.27. The average molecular weight is 249 g/mol. The second-order valence-electron chi connectivity index (χ2n) is 5.59. The van der Waals surface area contributed by atoms with Crippen LogP contribution >= 0.6 is 0 Å².